The van der Waals surface area contributed by atoms with E-state index in [4.69, 9.17) is 0 Å². The normalized spacial score (nSPS) is 11.5. The first-order chi connectivity index (χ1) is 29.8. The summed E-state index contributed by atoms with van der Waals surface area (Å²) in [5.74, 6) is 3.94. The van der Waals surface area contributed by atoms with Crippen molar-refractivity contribution in [2.45, 2.75) is 0 Å². The quantitative estimate of drug-likeness (QED) is 0.0686. The zero-order valence-electron chi connectivity index (χ0n) is 33.0. The third kappa shape index (κ3) is 5.87. The van der Waals surface area contributed by atoms with Crippen LogP contribution < -0.4 is 15.6 Å². The highest BCUT2D eigenvalue weighted by Crippen LogP contribution is 2.41. The molecule has 60 heavy (non-hydrogen) atoms. The standard InChI is InChI=1S/C58H39NSi/c1-5-20-42(21-6-1)43-36-37-57-55(41-43)52-32-17-18-35-56(52)59(57)45-23-19-22-44(40-45)58-53-33-15-13-30-49(53)51(50-31-14-16-34-54(50)58)38-39-60(46-24-7-2-8-25-46,47-26-9-3-10-27-47)48-28-11-4-12-29-48/h1-37,40-41H. The van der Waals surface area contributed by atoms with Crippen molar-refractivity contribution in [2.24, 2.45) is 0 Å². The molecule has 0 radical (unpaired) electrons. The maximum Gasteiger partial charge on any atom is 0.230 e. The molecule has 280 valence electrons. The lowest BCUT2D eigenvalue weighted by Gasteiger charge is -2.28. The number of nitrogens with zero attached hydrogens (tertiary/aromatic N) is 1. The van der Waals surface area contributed by atoms with Gasteiger partial charge in [0.2, 0.25) is 8.07 Å². The second-order valence-electron chi connectivity index (χ2n) is 15.4. The van der Waals surface area contributed by atoms with Crippen LogP contribution in [0.4, 0.5) is 0 Å². The van der Waals surface area contributed by atoms with E-state index in [0.717, 1.165) is 22.0 Å². The van der Waals surface area contributed by atoms with E-state index >= 15 is 0 Å². The molecule has 0 atom stereocenters. The van der Waals surface area contributed by atoms with E-state index in [9.17, 15) is 0 Å². The fourth-order valence-corrected chi connectivity index (χ4v) is 13.2. The van der Waals surface area contributed by atoms with E-state index < -0.39 is 8.07 Å². The van der Waals surface area contributed by atoms with Gasteiger partial charge in [0.05, 0.1) is 11.0 Å². The molecule has 1 heterocycles. The van der Waals surface area contributed by atoms with Gasteiger partial charge in [-0.15, -0.1) is 5.54 Å². The highest BCUT2D eigenvalue weighted by atomic mass is 28.3. The van der Waals surface area contributed by atoms with Crippen LogP contribution in [-0.2, 0) is 0 Å². The van der Waals surface area contributed by atoms with Gasteiger partial charge >= 0.3 is 0 Å². The summed E-state index contributed by atoms with van der Waals surface area (Å²) in [6, 6.07) is 85.9. The van der Waals surface area contributed by atoms with Crippen molar-refractivity contribution in [2.75, 3.05) is 0 Å². The van der Waals surface area contributed by atoms with Crippen LogP contribution in [0.2, 0.25) is 0 Å². The molecule has 2 heteroatoms. The summed E-state index contributed by atoms with van der Waals surface area (Å²) >= 11 is 0. The van der Waals surface area contributed by atoms with Crippen molar-refractivity contribution in [1.29, 1.82) is 0 Å². The van der Waals surface area contributed by atoms with E-state index in [1.807, 2.05) is 0 Å². The highest BCUT2D eigenvalue weighted by molar-refractivity contribution is 7.16. The van der Waals surface area contributed by atoms with Crippen LogP contribution >= 0.6 is 0 Å². The predicted molar refractivity (Wildman–Crippen MR) is 258 cm³/mol. The average molecular weight is 778 g/mol. The third-order valence-corrected chi connectivity index (χ3v) is 16.2. The van der Waals surface area contributed by atoms with E-state index in [1.54, 1.807) is 0 Å². The van der Waals surface area contributed by atoms with Crippen LogP contribution in [0.3, 0.4) is 0 Å². The van der Waals surface area contributed by atoms with Gasteiger partial charge in [-0.25, -0.2) is 0 Å². The Bertz CT molecular complexity index is 3260. The second kappa shape index (κ2) is 14.9. The van der Waals surface area contributed by atoms with Gasteiger partial charge < -0.3 is 4.57 Å². The van der Waals surface area contributed by atoms with E-state index in [-0.39, 0.29) is 0 Å². The van der Waals surface area contributed by atoms with Crippen molar-refractivity contribution in [3.8, 4) is 39.4 Å². The molecule has 0 saturated carbocycles. The Labute approximate surface area is 351 Å². The van der Waals surface area contributed by atoms with Gasteiger partial charge in [-0.2, -0.15) is 0 Å². The smallest absolute Gasteiger partial charge is 0.230 e. The number of fused-ring (bicyclic) bond motifs is 5. The van der Waals surface area contributed by atoms with Crippen molar-refractivity contribution in [3.05, 3.63) is 242 Å². The Balaban J connectivity index is 1.13. The minimum absolute atomic E-state index is 1.07. The molecule has 0 fully saturated rings. The summed E-state index contributed by atoms with van der Waals surface area (Å²) in [4.78, 5) is 0. The van der Waals surface area contributed by atoms with Gasteiger partial charge in [0.25, 0.3) is 0 Å². The molecule has 0 aliphatic heterocycles. The Morgan fingerprint density at radius 2 is 0.783 bits per heavy atom. The topological polar surface area (TPSA) is 4.93 Å². The number of para-hydroxylation sites is 1. The van der Waals surface area contributed by atoms with E-state index in [0.29, 0.717) is 0 Å². The first-order valence-electron chi connectivity index (χ1n) is 20.6. The zero-order valence-corrected chi connectivity index (χ0v) is 34.0. The maximum absolute atomic E-state index is 4.10. The summed E-state index contributed by atoms with van der Waals surface area (Å²) in [7, 11) is -2.83. The molecule has 10 aromatic carbocycles. The van der Waals surface area contributed by atoms with Crippen LogP contribution in [0, 0.1) is 11.5 Å². The molecule has 0 N–H and O–H groups in total. The van der Waals surface area contributed by atoms with Crippen molar-refractivity contribution < 1.29 is 0 Å². The van der Waals surface area contributed by atoms with E-state index in [2.05, 4.69) is 253 Å². The molecule has 1 aromatic heterocycles. The summed E-state index contributed by atoms with van der Waals surface area (Å²) in [5, 5.41) is 11.0. The average Bonchev–Trinajstić information content (AvgIpc) is 3.66. The Hall–Kier alpha value is -7.70. The molecule has 0 amide bonds. The first kappa shape index (κ1) is 35.5. The number of benzene rings is 10. The summed E-state index contributed by atoms with van der Waals surface area (Å²) in [5.41, 5.74) is 13.5. The summed E-state index contributed by atoms with van der Waals surface area (Å²) in [6.45, 7) is 0. The van der Waals surface area contributed by atoms with Crippen LogP contribution in [0.1, 0.15) is 5.56 Å². The SMILES string of the molecule is C(#C[Si](c1ccccc1)(c1ccccc1)c1ccccc1)c1c2ccccc2c(-c2cccc(-n3c4ccccc4c4cc(-c5ccccc5)ccc43)c2)c2ccccc12. The van der Waals surface area contributed by atoms with Gasteiger partial charge in [0.15, 0.2) is 0 Å². The minimum atomic E-state index is -2.83. The van der Waals surface area contributed by atoms with Crippen molar-refractivity contribution >= 4 is 67.0 Å². The van der Waals surface area contributed by atoms with Gasteiger partial charge in [-0.3, -0.25) is 0 Å². The zero-order chi connectivity index (χ0) is 39.9. The molecule has 0 aliphatic carbocycles. The molecule has 1 nitrogen and oxygen atoms in total. The predicted octanol–water partition coefficient (Wildman–Crippen LogP) is 12.5. The molecule has 0 spiro atoms. The maximum atomic E-state index is 4.10. The van der Waals surface area contributed by atoms with Gasteiger partial charge in [0, 0.05) is 22.0 Å². The molecule has 0 bridgehead atoms. The van der Waals surface area contributed by atoms with Crippen LogP contribution in [-0.4, -0.2) is 12.6 Å². The lowest BCUT2D eigenvalue weighted by atomic mass is 9.88. The number of hydrogen-bond acceptors (Lipinski definition) is 0. The van der Waals surface area contributed by atoms with E-state index in [1.165, 1.54) is 70.4 Å². The van der Waals surface area contributed by atoms with Gasteiger partial charge in [0.1, 0.15) is 0 Å². The van der Waals surface area contributed by atoms with Gasteiger partial charge in [-0.05, 0) is 89.7 Å². The number of aromatic nitrogens is 1. The molecule has 11 rings (SSSR count). The van der Waals surface area contributed by atoms with Crippen LogP contribution in [0.15, 0.2) is 237 Å². The Kier molecular flexibility index (Phi) is 8.81. The van der Waals surface area contributed by atoms with Gasteiger partial charge in [-0.1, -0.05) is 212 Å². The Morgan fingerprint density at radius 1 is 0.317 bits per heavy atom. The largest absolute Gasteiger partial charge is 0.309 e. The molecule has 0 saturated heterocycles. The summed E-state index contributed by atoms with van der Waals surface area (Å²) < 4.78 is 2.42. The molecular weight excluding hydrogens is 739 g/mol. The number of rotatable bonds is 6. The lowest BCUT2D eigenvalue weighted by Crippen LogP contribution is -2.66. The minimum Gasteiger partial charge on any atom is -0.309 e. The van der Waals surface area contributed by atoms with Crippen molar-refractivity contribution in [3.63, 3.8) is 0 Å². The third-order valence-electron chi connectivity index (χ3n) is 12.1. The molecule has 0 unspecified atom stereocenters. The fourth-order valence-electron chi connectivity index (χ4n) is 9.37. The number of hydrogen-bond donors (Lipinski definition) is 0. The molecule has 11 aromatic rings. The fraction of sp³-hybridized carbons (Fsp3) is 0. The molecule has 0 aliphatic rings. The summed E-state index contributed by atoms with van der Waals surface area (Å²) in [6.07, 6.45) is 0. The Morgan fingerprint density at radius 3 is 1.37 bits per heavy atom. The lowest BCUT2D eigenvalue weighted by molar-refractivity contribution is 1.18. The van der Waals surface area contributed by atoms with Crippen LogP contribution in [0.25, 0.3) is 71.3 Å². The monoisotopic (exact) mass is 777 g/mol. The molecular formula is C58H39NSi. The highest BCUT2D eigenvalue weighted by Gasteiger charge is 2.38. The second-order valence-corrected chi connectivity index (χ2v) is 18.9. The first-order valence-corrected chi connectivity index (χ1v) is 22.6. The van der Waals surface area contributed by atoms with Crippen molar-refractivity contribution in [1.82, 2.24) is 4.57 Å². The van der Waals surface area contributed by atoms with Crippen LogP contribution in [0.5, 0.6) is 0 Å².